The van der Waals surface area contributed by atoms with E-state index in [1.165, 1.54) is 10.7 Å². The molecule has 4 rings (SSSR count). The number of aromatic nitrogens is 3. The van der Waals surface area contributed by atoms with Gasteiger partial charge in [-0.3, -0.25) is 14.6 Å². The fraction of sp³-hybridized carbons (Fsp3) is 0.304. The minimum Gasteiger partial charge on any atom is -0.368 e. The summed E-state index contributed by atoms with van der Waals surface area (Å²) < 4.78 is 7.10. The molecule has 3 aromatic rings. The van der Waals surface area contributed by atoms with Crippen molar-refractivity contribution in [3.63, 3.8) is 0 Å². The Labute approximate surface area is 185 Å². The molecule has 0 N–H and O–H groups in total. The molecule has 1 saturated heterocycles. The van der Waals surface area contributed by atoms with E-state index in [1.807, 2.05) is 42.5 Å². The first-order chi connectivity index (χ1) is 15.0. The molecule has 160 valence electrons. The van der Waals surface area contributed by atoms with Crippen LogP contribution in [0.3, 0.4) is 0 Å². The maximum Gasteiger partial charge on any atom is 0.267 e. The van der Waals surface area contributed by atoms with Crippen LogP contribution in [0, 0.1) is 6.92 Å². The predicted octanol–water partition coefficient (Wildman–Crippen LogP) is 2.79. The molecule has 8 heteroatoms. The summed E-state index contributed by atoms with van der Waals surface area (Å²) in [5, 5.41) is 4.85. The Kier molecular flexibility index (Phi) is 6.44. The third kappa shape index (κ3) is 5.18. The van der Waals surface area contributed by atoms with Crippen LogP contribution >= 0.6 is 11.6 Å². The molecule has 1 aliphatic heterocycles. The summed E-state index contributed by atoms with van der Waals surface area (Å²) in [6, 6.07) is 16.6. The highest BCUT2D eigenvalue weighted by molar-refractivity contribution is 6.31. The van der Waals surface area contributed by atoms with Gasteiger partial charge in [-0.2, -0.15) is 5.10 Å². The van der Waals surface area contributed by atoms with Gasteiger partial charge in [0.15, 0.2) is 0 Å². The average molecular weight is 439 g/mol. The second kappa shape index (κ2) is 9.41. The average Bonchev–Trinajstić information content (AvgIpc) is 2.78. The Bertz CT molecular complexity index is 1150. The van der Waals surface area contributed by atoms with Gasteiger partial charge in [0.25, 0.3) is 5.56 Å². The summed E-state index contributed by atoms with van der Waals surface area (Å²) in [6.45, 7) is 2.94. The lowest BCUT2D eigenvalue weighted by Crippen LogP contribution is -2.45. The van der Waals surface area contributed by atoms with Crippen LogP contribution < -0.4 is 5.56 Å². The van der Waals surface area contributed by atoms with Crippen LogP contribution in [0.5, 0.6) is 0 Å². The molecule has 0 unspecified atom stereocenters. The third-order valence-electron chi connectivity index (χ3n) is 5.19. The van der Waals surface area contributed by atoms with Crippen molar-refractivity contribution in [1.82, 2.24) is 19.7 Å². The van der Waals surface area contributed by atoms with Crippen molar-refractivity contribution >= 4 is 17.5 Å². The Hall–Kier alpha value is -3.03. The van der Waals surface area contributed by atoms with Gasteiger partial charge in [-0.1, -0.05) is 35.9 Å². The molecule has 0 saturated carbocycles. The van der Waals surface area contributed by atoms with Crippen molar-refractivity contribution in [3.05, 3.63) is 92.6 Å². The van der Waals surface area contributed by atoms with Crippen molar-refractivity contribution in [2.45, 2.75) is 26.0 Å². The van der Waals surface area contributed by atoms with Crippen LogP contribution in [0.4, 0.5) is 0 Å². The minimum absolute atomic E-state index is 0.0901. The maximum atomic E-state index is 12.8. The first kappa shape index (κ1) is 21.2. The molecule has 1 atom stereocenters. The number of carbonyl (C=O) groups excluding carboxylic acids is 1. The quantitative estimate of drug-likeness (QED) is 0.612. The van der Waals surface area contributed by atoms with Gasteiger partial charge in [0.2, 0.25) is 5.91 Å². The first-order valence-corrected chi connectivity index (χ1v) is 10.5. The number of hydrogen-bond donors (Lipinski definition) is 0. The highest BCUT2D eigenvalue weighted by Gasteiger charge is 2.27. The van der Waals surface area contributed by atoms with Crippen molar-refractivity contribution in [1.29, 1.82) is 0 Å². The zero-order chi connectivity index (χ0) is 21.8. The van der Waals surface area contributed by atoms with Gasteiger partial charge >= 0.3 is 0 Å². The number of aryl methyl sites for hydroxylation is 1. The van der Waals surface area contributed by atoms with E-state index in [-0.39, 0.29) is 24.1 Å². The van der Waals surface area contributed by atoms with Crippen LogP contribution in [0.25, 0.3) is 0 Å². The standard InChI is InChI=1S/C23H23ClN4O3/c1-16-9-10-22(29)28(26-16)15-23(30)27-11-12-31-21(14-27)20-8-4-6-18(25-20)13-17-5-2-3-7-19(17)24/h2-10,21H,11-15H2,1H3/t21-/m1/s1. The first-order valence-electron chi connectivity index (χ1n) is 10.1. The minimum atomic E-state index is -0.328. The Morgan fingerprint density at radius 1 is 1.16 bits per heavy atom. The maximum absolute atomic E-state index is 12.8. The Balaban J connectivity index is 1.46. The van der Waals surface area contributed by atoms with Gasteiger partial charge in [0, 0.05) is 29.7 Å². The van der Waals surface area contributed by atoms with Crippen molar-refractivity contribution in [2.75, 3.05) is 19.7 Å². The zero-order valence-electron chi connectivity index (χ0n) is 17.2. The highest BCUT2D eigenvalue weighted by Crippen LogP contribution is 2.23. The number of amides is 1. The van der Waals surface area contributed by atoms with Gasteiger partial charge in [-0.15, -0.1) is 0 Å². The predicted molar refractivity (Wildman–Crippen MR) is 117 cm³/mol. The fourth-order valence-corrected chi connectivity index (χ4v) is 3.76. The van der Waals surface area contributed by atoms with Crippen LogP contribution in [0.2, 0.25) is 5.02 Å². The number of halogens is 1. The molecule has 7 nitrogen and oxygen atoms in total. The summed E-state index contributed by atoms with van der Waals surface area (Å²) in [7, 11) is 0. The number of ether oxygens (including phenoxy) is 1. The second-order valence-corrected chi connectivity index (χ2v) is 7.90. The molecule has 0 spiro atoms. The van der Waals surface area contributed by atoms with E-state index in [0.29, 0.717) is 36.8 Å². The second-order valence-electron chi connectivity index (χ2n) is 7.49. The number of pyridine rings is 1. The monoisotopic (exact) mass is 438 g/mol. The molecule has 1 fully saturated rings. The van der Waals surface area contributed by atoms with Crippen LogP contribution in [-0.4, -0.2) is 45.3 Å². The molecule has 1 aromatic carbocycles. The fourth-order valence-electron chi connectivity index (χ4n) is 3.56. The van der Waals surface area contributed by atoms with E-state index in [1.54, 1.807) is 17.9 Å². The normalized spacial score (nSPS) is 16.3. The van der Waals surface area contributed by atoms with Gasteiger partial charge in [-0.25, -0.2) is 4.68 Å². The van der Waals surface area contributed by atoms with E-state index in [4.69, 9.17) is 21.3 Å². The summed E-state index contributed by atoms with van der Waals surface area (Å²) >= 11 is 6.28. The lowest BCUT2D eigenvalue weighted by molar-refractivity contribution is -0.140. The number of benzene rings is 1. The van der Waals surface area contributed by atoms with E-state index < -0.39 is 0 Å². The van der Waals surface area contributed by atoms with Crippen molar-refractivity contribution in [2.24, 2.45) is 0 Å². The molecular formula is C23H23ClN4O3. The van der Waals surface area contributed by atoms with Crippen LogP contribution in [0.15, 0.2) is 59.4 Å². The molecule has 0 aliphatic carbocycles. The number of nitrogens with zero attached hydrogens (tertiary/aromatic N) is 4. The van der Waals surface area contributed by atoms with Gasteiger partial charge in [0.1, 0.15) is 12.6 Å². The molecule has 1 aliphatic rings. The summed E-state index contributed by atoms with van der Waals surface area (Å²) in [4.78, 5) is 31.2. The summed E-state index contributed by atoms with van der Waals surface area (Å²) in [5.41, 5.74) is 3.05. The number of rotatable bonds is 5. The number of carbonyl (C=O) groups is 1. The Morgan fingerprint density at radius 2 is 2.00 bits per heavy atom. The Morgan fingerprint density at radius 3 is 2.84 bits per heavy atom. The van der Waals surface area contributed by atoms with Crippen LogP contribution in [0.1, 0.15) is 28.7 Å². The molecule has 1 amide bonds. The molecule has 0 radical (unpaired) electrons. The number of hydrogen-bond acceptors (Lipinski definition) is 5. The van der Waals surface area contributed by atoms with Gasteiger partial charge < -0.3 is 9.64 Å². The SMILES string of the molecule is Cc1ccc(=O)n(CC(=O)N2CCO[C@@H](c3cccc(Cc4ccccc4Cl)n3)C2)n1. The largest absolute Gasteiger partial charge is 0.368 e. The smallest absolute Gasteiger partial charge is 0.267 e. The summed E-state index contributed by atoms with van der Waals surface area (Å²) in [6.07, 6.45) is 0.288. The van der Waals surface area contributed by atoms with E-state index >= 15 is 0 Å². The lowest BCUT2D eigenvalue weighted by atomic mass is 10.1. The molecule has 0 bridgehead atoms. The van der Waals surface area contributed by atoms with E-state index in [0.717, 1.165) is 17.0 Å². The molecular weight excluding hydrogens is 416 g/mol. The van der Waals surface area contributed by atoms with Gasteiger partial charge in [0.05, 0.1) is 24.5 Å². The lowest BCUT2D eigenvalue weighted by Gasteiger charge is -2.32. The summed E-state index contributed by atoms with van der Waals surface area (Å²) in [5.74, 6) is -0.166. The zero-order valence-corrected chi connectivity index (χ0v) is 18.0. The molecule has 3 heterocycles. The van der Waals surface area contributed by atoms with E-state index in [2.05, 4.69) is 5.10 Å². The highest BCUT2D eigenvalue weighted by atomic mass is 35.5. The topological polar surface area (TPSA) is 77.3 Å². The van der Waals surface area contributed by atoms with Gasteiger partial charge in [-0.05, 0) is 36.8 Å². The van der Waals surface area contributed by atoms with E-state index in [9.17, 15) is 9.59 Å². The van der Waals surface area contributed by atoms with Crippen molar-refractivity contribution in [3.8, 4) is 0 Å². The van der Waals surface area contributed by atoms with Crippen LogP contribution in [-0.2, 0) is 22.5 Å². The molecule has 31 heavy (non-hydrogen) atoms. The molecule has 2 aromatic heterocycles. The third-order valence-corrected chi connectivity index (χ3v) is 5.56. The van der Waals surface area contributed by atoms with Crippen molar-refractivity contribution < 1.29 is 9.53 Å². The number of morpholine rings is 1.